The van der Waals surface area contributed by atoms with E-state index in [-0.39, 0.29) is 0 Å². The summed E-state index contributed by atoms with van der Waals surface area (Å²) < 4.78 is 7.20. The van der Waals surface area contributed by atoms with Crippen molar-refractivity contribution < 1.29 is 4.42 Å². The summed E-state index contributed by atoms with van der Waals surface area (Å²) in [7, 11) is 0. The van der Waals surface area contributed by atoms with E-state index in [1.54, 1.807) is 6.26 Å². The molecule has 0 bridgehead atoms. The topological polar surface area (TPSA) is 30.4 Å². The summed E-state index contributed by atoms with van der Waals surface area (Å²) in [6, 6.07) is 9.46. The molecule has 0 aliphatic heterocycles. The van der Waals surface area contributed by atoms with Crippen LogP contribution in [0, 0.1) is 0 Å². The van der Waals surface area contributed by atoms with E-state index in [9.17, 15) is 0 Å². The van der Waals surface area contributed by atoms with Crippen molar-refractivity contribution in [3.8, 4) is 11.6 Å². The van der Waals surface area contributed by atoms with Crippen molar-refractivity contribution in [1.29, 1.82) is 0 Å². The van der Waals surface area contributed by atoms with Gasteiger partial charge >= 0.3 is 0 Å². The van der Waals surface area contributed by atoms with Crippen molar-refractivity contribution >= 4 is 17.1 Å². The predicted molar refractivity (Wildman–Crippen MR) is 57.9 cm³/mol. The minimum atomic E-state index is 0.488. The summed E-state index contributed by atoms with van der Waals surface area (Å²) >= 11 is 6.02. The number of aromatic nitrogens is 2. The normalized spacial score (nSPS) is 11.0. The van der Waals surface area contributed by atoms with Crippen molar-refractivity contribution in [2.24, 2.45) is 0 Å². The van der Waals surface area contributed by atoms with Crippen molar-refractivity contribution in [3.05, 3.63) is 47.9 Å². The van der Waals surface area contributed by atoms with Crippen LogP contribution in [0.15, 0.2) is 47.2 Å². The number of imidazole rings is 1. The largest absolute Gasteiger partial charge is 0.461 e. The van der Waals surface area contributed by atoms with Gasteiger partial charge in [-0.05, 0) is 24.3 Å². The van der Waals surface area contributed by atoms with Crippen molar-refractivity contribution in [2.75, 3.05) is 0 Å². The SMILES string of the molecule is Clc1nc(-c2ccco2)n2ccccc12. The molecule has 0 fully saturated rings. The Morgan fingerprint density at radius 1 is 1.20 bits per heavy atom. The molecule has 3 nitrogen and oxygen atoms in total. The minimum absolute atomic E-state index is 0.488. The van der Waals surface area contributed by atoms with Crippen LogP contribution in [0.4, 0.5) is 0 Å². The Balaban J connectivity index is 2.37. The minimum Gasteiger partial charge on any atom is -0.461 e. The monoisotopic (exact) mass is 218 g/mol. The zero-order valence-electron chi connectivity index (χ0n) is 7.72. The molecule has 0 aliphatic carbocycles. The molecule has 3 heterocycles. The van der Waals surface area contributed by atoms with Gasteiger partial charge in [0.15, 0.2) is 16.7 Å². The summed E-state index contributed by atoms with van der Waals surface area (Å²) in [6.07, 6.45) is 3.53. The molecule has 0 atom stereocenters. The molecule has 3 aromatic rings. The average Bonchev–Trinajstić information content (AvgIpc) is 2.87. The van der Waals surface area contributed by atoms with Gasteiger partial charge in [0.2, 0.25) is 0 Å². The van der Waals surface area contributed by atoms with Gasteiger partial charge in [-0.1, -0.05) is 17.7 Å². The van der Waals surface area contributed by atoms with E-state index in [2.05, 4.69) is 4.98 Å². The maximum Gasteiger partial charge on any atom is 0.182 e. The highest BCUT2D eigenvalue weighted by Crippen LogP contribution is 2.25. The van der Waals surface area contributed by atoms with Gasteiger partial charge in [-0.3, -0.25) is 4.40 Å². The van der Waals surface area contributed by atoms with Gasteiger partial charge in [-0.2, -0.15) is 0 Å². The van der Waals surface area contributed by atoms with E-state index < -0.39 is 0 Å². The van der Waals surface area contributed by atoms with Crippen molar-refractivity contribution in [2.45, 2.75) is 0 Å². The fraction of sp³-hybridized carbons (Fsp3) is 0. The first-order valence-electron chi connectivity index (χ1n) is 4.53. The summed E-state index contributed by atoms with van der Waals surface area (Å²) in [5, 5.41) is 0.488. The molecule has 0 unspecified atom stereocenters. The molecule has 0 radical (unpaired) electrons. The second-order valence-corrected chi connectivity index (χ2v) is 3.52. The lowest BCUT2D eigenvalue weighted by Gasteiger charge is -1.95. The zero-order chi connectivity index (χ0) is 10.3. The Hall–Kier alpha value is -1.74. The second kappa shape index (κ2) is 3.14. The molecule has 4 heteroatoms. The van der Waals surface area contributed by atoms with E-state index in [1.165, 1.54) is 0 Å². The predicted octanol–water partition coefficient (Wildman–Crippen LogP) is 3.25. The third-order valence-electron chi connectivity index (χ3n) is 2.25. The summed E-state index contributed by atoms with van der Waals surface area (Å²) in [5.41, 5.74) is 0.880. The molecular formula is C11H7ClN2O. The molecule has 74 valence electrons. The summed E-state index contributed by atoms with van der Waals surface area (Å²) in [5.74, 6) is 1.43. The Labute approximate surface area is 90.9 Å². The highest BCUT2D eigenvalue weighted by molar-refractivity contribution is 6.32. The third kappa shape index (κ3) is 1.24. The van der Waals surface area contributed by atoms with Gasteiger partial charge in [0.1, 0.15) is 0 Å². The Morgan fingerprint density at radius 2 is 2.13 bits per heavy atom. The third-order valence-corrected chi connectivity index (χ3v) is 2.52. The fourth-order valence-electron chi connectivity index (χ4n) is 1.58. The van der Waals surface area contributed by atoms with E-state index in [4.69, 9.17) is 16.0 Å². The molecule has 15 heavy (non-hydrogen) atoms. The van der Waals surface area contributed by atoms with Crippen LogP contribution in [0.25, 0.3) is 17.1 Å². The zero-order valence-corrected chi connectivity index (χ0v) is 8.48. The quantitative estimate of drug-likeness (QED) is 0.628. The number of furan rings is 1. The highest BCUT2D eigenvalue weighted by Gasteiger charge is 2.11. The van der Waals surface area contributed by atoms with Gasteiger partial charge in [-0.25, -0.2) is 4.98 Å². The molecular weight excluding hydrogens is 212 g/mol. The molecule has 0 saturated carbocycles. The van der Waals surface area contributed by atoms with Crippen molar-refractivity contribution in [1.82, 2.24) is 9.38 Å². The first-order valence-corrected chi connectivity index (χ1v) is 4.90. The van der Waals surface area contributed by atoms with Crippen LogP contribution in [0.5, 0.6) is 0 Å². The Bertz CT molecular complexity index is 598. The first kappa shape index (κ1) is 8.56. The Kier molecular flexibility index (Phi) is 1.79. The van der Waals surface area contributed by atoms with Crippen LogP contribution in [0.3, 0.4) is 0 Å². The lowest BCUT2D eigenvalue weighted by molar-refractivity contribution is 0.577. The number of hydrogen-bond acceptors (Lipinski definition) is 2. The van der Waals surface area contributed by atoms with Gasteiger partial charge in [0, 0.05) is 6.20 Å². The van der Waals surface area contributed by atoms with Crippen LogP contribution in [-0.4, -0.2) is 9.38 Å². The van der Waals surface area contributed by atoms with Crippen LogP contribution < -0.4 is 0 Å². The van der Waals surface area contributed by atoms with E-state index in [1.807, 2.05) is 40.9 Å². The molecule has 0 amide bonds. The highest BCUT2D eigenvalue weighted by atomic mass is 35.5. The molecule has 0 N–H and O–H groups in total. The van der Waals surface area contributed by atoms with E-state index in [0.29, 0.717) is 10.9 Å². The number of fused-ring (bicyclic) bond motifs is 1. The molecule has 0 saturated heterocycles. The molecule has 3 rings (SSSR count). The maximum atomic E-state index is 6.02. The van der Waals surface area contributed by atoms with Gasteiger partial charge in [-0.15, -0.1) is 0 Å². The number of halogens is 1. The molecule has 0 aromatic carbocycles. The lowest BCUT2D eigenvalue weighted by atomic mass is 10.4. The smallest absolute Gasteiger partial charge is 0.182 e. The fourth-order valence-corrected chi connectivity index (χ4v) is 1.81. The van der Waals surface area contributed by atoms with Gasteiger partial charge in [0.05, 0.1) is 11.8 Å². The van der Waals surface area contributed by atoms with Crippen LogP contribution in [0.1, 0.15) is 0 Å². The molecule has 0 spiro atoms. The standard InChI is InChI=1S/C11H7ClN2O/c12-10-8-4-1-2-6-14(8)11(13-10)9-5-3-7-15-9/h1-7H. The summed E-state index contributed by atoms with van der Waals surface area (Å²) in [4.78, 5) is 4.27. The van der Waals surface area contributed by atoms with Crippen LogP contribution in [0.2, 0.25) is 5.15 Å². The first-order chi connectivity index (χ1) is 7.36. The average molecular weight is 219 g/mol. The number of rotatable bonds is 1. The van der Waals surface area contributed by atoms with Crippen molar-refractivity contribution in [3.63, 3.8) is 0 Å². The molecule has 3 aromatic heterocycles. The second-order valence-electron chi connectivity index (χ2n) is 3.16. The van der Waals surface area contributed by atoms with E-state index in [0.717, 1.165) is 11.3 Å². The number of pyridine rings is 1. The summed E-state index contributed by atoms with van der Waals surface area (Å²) in [6.45, 7) is 0. The Morgan fingerprint density at radius 3 is 2.93 bits per heavy atom. The van der Waals surface area contributed by atoms with Crippen LogP contribution >= 0.6 is 11.6 Å². The number of nitrogens with zero attached hydrogens (tertiary/aromatic N) is 2. The molecule has 0 aliphatic rings. The lowest BCUT2D eigenvalue weighted by Crippen LogP contribution is -1.85. The van der Waals surface area contributed by atoms with Gasteiger partial charge in [0.25, 0.3) is 0 Å². The maximum absolute atomic E-state index is 6.02. The van der Waals surface area contributed by atoms with Gasteiger partial charge < -0.3 is 4.42 Å². The van der Waals surface area contributed by atoms with Crippen LogP contribution in [-0.2, 0) is 0 Å². The van der Waals surface area contributed by atoms with E-state index >= 15 is 0 Å². The number of hydrogen-bond donors (Lipinski definition) is 0.